The van der Waals surface area contributed by atoms with E-state index in [2.05, 4.69) is 61.1 Å². The fraction of sp³-hybridized carbons (Fsp3) is 0.320. The topological polar surface area (TPSA) is 69.0 Å². The molecule has 1 aromatic heterocycles. The van der Waals surface area contributed by atoms with Crippen molar-refractivity contribution in [1.82, 2.24) is 20.1 Å². The zero-order valence-corrected chi connectivity index (χ0v) is 19.7. The molecule has 0 aliphatic carbocycles. The number of nitrogens with one attached hydrogen (secondary N) is 1. The number of carbonyl (C=O) groups excluding carboxylic acids is 1. The van der Waals surface area contributed by atoms with E-state index in [4.69, 9.17) is 4.74 Å². The molecule has 6 nitrogen and oxygen atoms in total. The number of amides is 1. The Morgan fingerprint density at radius 1 is 1.22 bits per heavy atom. The second kappa shape index (κ2) is 11.5. The van der Waals surface area contributed by atoms with Gasteiger partial charge in [-0.2, -0.15) is 0 Å². The molecular formula is C25H30N4O2S. The van der Waals surface area contributed by atoms with Crippen molar-refractivity contribution in [2.24, 2.45) is 0 Å². The average molecular weight is 451 g/mol. The third kappa shape index (κ3) is 6.47. The van der Waals surface area contributed by atoms with Gasteiger partial charge in [0.2, 0.25) is 5.91 Å². The van der Waals surface area contributed by atoms with Gasteiger partial charge in [-0.3, -0.25) is 9.36 Å². The first-order valence-corrected chi connectivity index (χ1v) is 11.7. The minimum absolute atomic E-state index is 0.0499. The van der Waals surface area contributed by atoms with Gasteiger partial charge < -0.3 is 10.1 Å². The van der Waals surface area contributed by atoms with Crippen molar-refractivity contribution in [1.29, 1.82) is 0 Å². The fourth-order valence-electron chi connectivity index (χ4n) is 3.21. The molecule has 1 heterocycles. The number of aromatic nitrogens is 3. The number of hydrogen-bond donors (Lipinski definition) is 1. The highest BCUT2D eigenvalue weighted by atomic mass is 32.2. The second-order valence-corrected chi connectivity index (χ2v) is 8.78. The normalized spacial score (nSPS) is 10.9. The van der Waals surface area contributed by atoms with Crippen LogP contribution >= 0.6 is 11.8 Å². The highest BCUT2D eigenvalue weighted by Crippen LogP contribution is 2.28. The molecule has 1 amide bonds. The van der Waals surface area contributed by atoms with Gasteiger partial charge in [0.05, 0.1) is 5.75 Å². The Hall–Kier alpha value is -3.06. The average Bonchev–Trinajstić information content (AvgIpc) is 3.17. The molecule has 0 atom stereocenters. The van der Waals surface area contributed by atoms with Gasteiger partial charge in [-0.05, 0) is 35.6 Å². The standard InChI is InChI=1S/C25H30N4O2S/c1-5-13-29-23(16-31-22-14-19(4)11-12-21(22)18(2)3)27-28-25(29)32-17-24(30)26-15-20-9-7-6-8-10-20/h5-12,14,18H,1,13,15-17H2,2-4H3,(H,26,30). The molecule has 0 aliphatic rings. The highest BCUT2D eigenvalue weighted by Gasteiger charge is 2.15. The smallest absolute Gasteiger partial charge is 0.230 e. The summed E-state index contributed by atoms with van der Waals surface area (Å²) < 4.78 is 8.07. The molecule has 0 radical (unpaired) electrons. The zero-order valence-electron chi connectivity index (χ0n) is 18.9. The molecule has 0 fully saturated rings. The largest absolute Gasteiger partial charge is 0.485 e. The Bertz CT molecular complexity index is 1050. The molecule has 7 heteroatoms. The van der Waals surface area contributed by atoms with Gasteiger partial charge >= 0.3 is 0 Å². The molecule has 32 heavy (non-hydrogen) atoms. The van der Waals surface area contributed by atoms with Crippen LogP contribution in [0.2, 0.25) is 0 Å². The minimum atomic E-state index is -0.0499. The van der Waals surface area contributed by atoms with E-state index >= 15 is 0 Å². The molecule has 0 saturated carbocycles. The van der Waals surface area contributed by atoms with Gasteiger partial charge in [-0.15, -0.1) is 16.8 Å². The van der Waals surface area contributed by atoms with Gasteiger partial charge in [-0.25, -0.2) is 0 Å². The summed E-state index contributed by atoms with van der Waals surface area (Å²) in [4.78, 5) is 12.3. The number of benzene rings is 2. The molecule has 0 spiro atoms. The van der Waals surface area contributed by atoms with Crippen LogP contribution < -0.4 is 10.1 Å². The fourth-order valence-corrected chi connectivity index (χ4v) is 4.01. The van der Waals surface area contributed by atoms with Crippen molar-refractivity contribution >= 4 is 17.7 Å². The number of rotatable bonds is 11. The summed E-state index contributed by atoms with van der Waals surface area (Å²) in [5.74, 6) is 2.14. The van der Waals surface area contributed by atoms with Crippen LogP contribution in [0.4, 0.5) is 0 Å². The third-order valence-electron chi connectivity index (χ3n) is 4.92. The Kier molecular flexibility index (Phi) is 8.50. The van der Waals surface area contributed by atoms with Crippen molar-refractivity contribution < 1.29 is 9.53 Å². The van der Waals surface area contributed by atoms with Gasteiger partial charge in [0, 0.05) is 13.1 Å². The molecule has 0 aliphatic heterocycles. The van der Waals surface area contributed by atoms with E-state index in [1.54, 1.807) is 6.08 Å². The molecule has 168 valence electrons. The lowest BCUT2D eigenvalue weighted by atomic mass is 10.0. The van der Waals surface area contributed by atoms with Crippen LogP contribution in [0, 0.1) is 6.92 Å². The van der Waals surface area contributed by atoms with Crippen LogP contribution in [0.3, 0.4) is 0 Å². The highest BCUT2D eigenvalue weighted by molar-refractivity contribution is 7.99. The van der Waals surface area contributed by atoms with Crippen molar-refractivity contribution in [2.75, 3.05) is 5.75 Å². The number of ether oxygens (including phenoxy) is 1. The SMILES string of the molecule is C=CCn1c(COc2cc(C)ccc2C(C)C)nnc1SCC(=O)NCc1ccccc1. The molecule has 0 unspecified atom stereocenters. The number of carbonyl (C=O) groups is 1. The van der Waals surface area contributed by atoms with Crippen LogP contribution in [0.15, 0.2) is 66.3 Å². The molecule has 0 saturated heterocycles. The van der Waals surface area contributed by atoms with Crippen LogP contribution in [0.25, 0.3) is 0 Å². The molecule has 2 aromatic carbocycles. The lowest BCUT2D eigenvalue weighted by Crippen LogP contribution is -2.24. The quantitative estimate of drug-likeness (QED) is 0.333. The number of hydrogen-bond acceptors (Lipinski definition) is 5. The summed E-state index contributed by atoms with van der Waals surface area (Å²) in [7, 11) is 0. The van der Waals surface area contributed by atoms with Gasteiger partial charge in [-0.1, -0.05) is 74.1 Å². The van der Waals surface area contributed by atoms with E-state index in [1.807, 2.05) is 34.9 Å². The number of aryl methyl sites for hydroxylation is 1. The molecule has 1 N–H and O–H groups in total. The predicted octanol–water partition coefficient (Wildman–Crippen LogP) is 4.88. The van der Waals surface area contributed by atoms with E-state index in [9.17, 15) is 4.79 Å². The Morgan fingerprint density at radius 2 is 2.00 bits per heavy atom. The summed E-state index contributed by atoms with van der Waals surface area (Å²) in [5, 5.41) is 12.2. The Balaban J connectivity index is 1.62. The lowest BCUT2D eigenvalue weighted by Gasteiger charge is -2.15. The Morgan fingerprint density at radius 3 is 2.72 bits per heavy atom. The molecular weight excluding hydrogens is 420 g/mol. The maximum Gasteiger partial charge on any atom is 0.230 e. The molecule has 3 rings (SSSR count). The van der Waals surface area contributed by atoms with Gasteiger partial charge in [0.1, 0.15) is 12.4 Å². The van der Waals surface area contributed by atoms with Crippen molar-refractivity contribution in [2.45, 2.75) is 51.5 Å². The predicted molar refractivity (Wildman–Crippen MR) is 129 cm³/mol. The van der Waals surface area contributed by atoms with E-state index in [-0.39, 0.29) is 11.7 Å². The summed E-state index contributed by atoms with van der Waals surface area (Å²) >= 11 is 1.36. The lowest BCUT2D eigenvalue weighted by molar-refractivity contribution is -0.118. The maximum atomic E-state index is 12.3. The maximum absolute atomic E-state index is 12.3. The zero-order chi connectivity index (χ0) is 22.9. The minimum Gasteiger partial charge on any atom is -0.485 e. The van der Waals surface area contributed by atoms with Crippen LogP contribution in [0.5, 0.6) is 5.75 Å². The van der Waals surface area contributed by atoms with E-state index in [1.165, 1.54) is 11.8 Å². The first-order chi connectivity index (χ1) is 15.5. The number of thioether (sulfide) groups is 1. The summed E-state index contributed by atoms with van der Waals surface area (Å²) in [6.45, 7) is 11.5. The third-order valence-corrected chi connectivity index (χ3v) is 5.88. The second-order valence-electron chi connectivity index (χ2n) is 7.83. The number of allylic oxidation sites excluding steroid dienone is 1. The summed E-state index contributed by atoms with van der Waals surface area (Å²) in [6.07, 6.45) is 1.79. The molecule has 0 bridgehead atoms. The van der Waals surface area contributed by atoms with Crippen molar-refractivity contribution in [3.63, 3.8) is 0 Å². The van der Waals surface area contributed by atoms with E-state index in [0.29, 0.717) is 36.6 Å². The summed E-state index contributed by atoms with van der Waals surface area (Å²) in [5.41, 5.74) is 3.38. The van der Waals surface area contributed by atoms with E-state index < -0.39 is 0 Å². The Labute approximate surface area is 194 Å². The van der Waals surface area contributed by atoms with Gasteiger partial charge in [0.25, 0.3) is 0 Å². The van der Waals surface area contributed by atoms with Gasteiger partial charge in [0.15, 0.2) is 11.0 Å². The van der Waals surface area contributed by atoms with Crippen molar-refractivity contribution in [3.05, 3.63) is 83.7 Å². The van der Waals surface area contributed by atoms with Crippen molar-refractivity contribution in [3.8, 4) is 5.75 Å². The first-order valence-electron chi connectivity index (χ1n) is 10.7. The summed E-state index contributed by atoms with van der Waals surface area (Å²) in [6, 6.07) is 16.1. The van der Waals surface area contributed by atoms with Crippen LogP contribution in [0.1, 0.15) is 42.3 Å². The monoisotopic (exact) mass is 450 g/mol. The van der Waals surface area contributed by atoms with Crippen LogP contribution in [-0.2, 0) is 24.5 Å². The first kappa shape index (κ1) is 23.6. The number of nitrogens with zero attached hydrogens (tertiary/aromatic N) is 3. The van der Waals surface area contributed by atoms with E-state index in [0.717, 1.165) is 22.4 Å². The molecule has 3 aromatic rings. The van der Waals surface area contributed by atoms with Crippen LogP contribution in [-0.4, -0.2) is 26.4 Å².